The van der Waals surface area contributed by atoms with E-state index in [1.807, 2.05) is 127 Å². The van der Waals surface area contributed by atoms with Gasteiger partial charge in [0.1, 0.15) is 58.5 Å². The first-order valence-corrected chi connectivity index (χ1v) is 30.6. The van der Waals surface area contributed by atoms with Gasteiger partial charge < -0.3 is 33.3 Å². The Morgan fingerprint density at radius 2 is 0.771 bits per heavy atom. The number of anilines is 4. The van der Waals surface area contributed by atoms with Crippen LogP contribution in [0.1, 0.15) is 47.2 Å². The largest absolute Gasteiger partial charge is 1.00 e. The van der Waals surface area contributed by atoms with Gasteiger partial charge in [-0.25, -0.2) is 34.4 Å². The summed E-state index contributed by atoms with van der Waals surface area (Å²) in [6.45, 7) is 5.73. The van der Waals surface area contributed by atoms with Gasteiger partial charge in [-0.1, -0.05) is 66.7 Å². The van der Waals surface area contributed by atoms with Crippen molar-refractivity contribution in [2.24, 2.45) is 0 Å². The number of hydrogen-bond donors (Lipinski definition) is 0. The Morgan fingerprint density at radius 1 is 0.422 bits per heavy atom. The molecule has 0 heterocycles. The normalized spacial score (nSPS) is 13.0. The van der Waals surface area contributed by atoms with E-state index in [1.165, 1.54) is 36.4 Å². The van der Waals surface area contributed by atoms with Crippen LogP contribution in [-0.4, -0.2) is 129 Å². The molecule has 0 aliphatic heterocycles. The molecule has 0 saturated heterocycles. The van der Waals surface area contributed by atoms with Crippen molar-refractivity contribution in [3.8, 4) is 0 Å². The molecule has 2 aliphatic carbocycles. The van der Waals surface area contributed by atoms with E-state index in [0.717, 1.165) is 74.0 Å². The van der Waals surface area contributed by atoms with E-state index in [2.05, 4.69) is 94.1 Å². The summed E-state index contributed by atoms with van der Waals surface area (Å²) in [4.78, 5) is 7.07. The quantitative estimate of drug-likeness (QED) is 0.0543. The molecule has 0 saturated carbocycles. The minimum absolute atomic E-state index is 0. The van der Waals surface area contributed by atoms with Gasteiger partial charge in [-0.15, -0.1) is 0 Å². The van der Waals surface area contributed by atoms with E-state index in [4.69, 9.17) is 0 Å². The van der Waals surface area contributed by atoms with E-state index in [0.29, 0.717) is 29.9 Å². The summed E-state index contributed by atoms with van der Waals surface area (Å²) in [5.74, 6) is 0. The Kier molecular flexibility index (Phi) is 22.0. The Hall–Kier alpha value is -6.97. The summed E-state index contributed by atoms with van der Waals surface area (Å²) in [5.41, 5.74) is 13.9. The molecule has 8 rings (SSSR count). The number of benzene rings is 6. The third-order valence-electron chi connectivity index (χ3n) is 14.0. The van der Waals surface area contributed by atoms with Crippen LogP contribution in [0.25, 0.3) is 11.1 Å². The molecule has 83 heavy (non-hydrogen) atoms. The molecule has 428 valence electrons. The average Bonchev–Trinajstić information content (AvgIpc) is 3.16. The Labute approximate surface area is 512 Å². The standard InChI is InChI=1S/C32H35N3O6S2.C32H35N3O3S.Na/c1-6-35(22-23-8-7-9-29(20-23)42(36,37)38)28-18-19-30(31(21-28)43(39,40)41)32(24-10-14-26(15-11-24)33(2)3)25-12-16-27(17-13-25)34(4)5;1-6-35(23-24-8-7-9-31(22-24)39(36,37)38)30-20-14-27(15-21-30)32(25-10-16-28(17-11-25)33(2)3)26-12-18-29(19-13-26)34(4)5;/h7-21H,6,22H2,1-5H3,(H-,36,37,38,39,40,41);7-22H,6,23H2,1-5H3;/q;;+1/p-1. The van der Waals surface area contributed by atoms with Crippen molar-refractivity contribution < 1.29 is 77.6 Å². The van der Waals surface area contributed by atoms with Gasteiger partial charge in [-0.05, 0) is 161 Å². The fourth-order valence-electron chi connectivity index (χ4n) is 9.45. The smallest absolute Gasteiger partial charge is 0.744 e. The van der Waals surface area contributed by atoms with Gasteiger partial charge in [0, 0.05) is 107 Å². The molecule has 19 heteroatoms. The van der Waals surface area contributed by atoms with Crippen molar-refractivity contribution >= 4 is 75.7 Å². The monoisotopic (exact) mass is 1180 g/mol. The minimum atomic E-state index is -4.94. The maximum absolute atomic E-state index is 12.8. The number of allylic oxidation sites excluding steroid dienone is 10. The van der Waals surface area contributed by atoms with Crippen molar-refractivity contribution in [2.75, 3.05) is 89.1 Å². The van der Waals surface area contributed by atoms with Crippen molar-refractivity contribution in [2.45, 2.75) is 41.6 Å². The first-order chi connectivity index (χ1) is 38.7. The van der Waals surface area contributed by atoms with Crippen molar-refractivity contribution in [1.82, 2.24) is 0 Å². The minimum Gasteiger partial charge on any atom is -0.744 e. The van der Waals surface area contributed by atoms with Crippen LogP contribution in [0, 0.1) is 0 Å². The van der Waals surface area contributed by atoms with Crippen LogP contribution >= 0.6 is 0 Å². The zero-order valence-corrected chi connectivity index (χ0v) is 53.3. The van der Waals surface area contributed by atoms with E-state index < -0.39 is 30.4 Å². The molecule has 0 spiro atoms. The summed E-state index contributed by atoms with van der Waals surface area (Å²) in [5, 5.41) is 0. The zero-order valence-electron chi connectivity index (χ0n) is 48.8. The molecule has 6 aromatic carbocycles. The van der Waals surface area contributed by atoms with Crippen molar-refractivity contribution in [3.63, 3.8) is 0 Å². The van der Waals surface area contributed by atoms with E-state index in [-0.39, 0.29) is 56.4 Å². The van der Waals surface area contributed by atoms with Gasteiger partial charge in [0.25, 0.3) is 0 Å². The predicted molar refractivity (Wildman–Crippen MR) is 327 cm³/mol. The summed E-state index contributed by atoms with van der Waals surface area (Å²) >= 11 is 0. The van der Waals surface area contributed by atoms with Gasteiger partial charge in [0.15, 0.2) is 11.4 Å². The van der Waals surface area contributed by atoms with Crippen molar-refractivity contribution in [1.29, 1.82) is 0 Å². The van der Waals surface area contributed by atoms with Crippen molar-refractivity contribution in [3.05, 3.63) is 233 Å². The van der Waals surface area contributed by atoms with Crippen LogP contribution in [0.2, 0.25) is 0 Å². The fraction of sp³-hybridized carbons (Fsp3) is 0.219. The molecular weight excluding hydrogens is 1120 g/mol. The van der Waals surface area contributed by atoms with E-state index in [9.17, 15) is 38.9 Å². The molecule has 2 aliphatic rings. The second-order valence-electron chi connectivity index (χ2n) is 20.4. The van der Waals surface area contributed by atoms with Crippen LogP contribution in [0.4, 0.5) is 22.7 Å². The molecule has 0 N–H and O–H groups in total. The average molecular weight is 1190 g/mol. The second kappa shape index (κ2) is 28.1. The molecule has 0 atom stereocenters. The van der Waals surface area contributed by atoms with Gasteiger partial charge >= 0.3 is 29.6 Å². The van der Waals surface area contributed by atoms with E-state index in [1.54, 1.807) is 29.2 Å². The molecule has 15 nitrogen and oxygen atoms in total. The van der Waals surface area contributed by atoms with Crippen LogP contribution < -0.4 is 49.2 Å². The van der Waals surface area contributed by atoms with Gasteiger partial charge in [-0.2, -0.15) is 0 Å². The Morgan fingerprint density at radius 3 is 1.12 bits per heavy atom. The van der Waals surface area contributed by atoms with Crippen LogP contribution in [0.5, 0.6) is 0 Å². The van der Waals surface area contributed by atoms with Gasteiger partial charge in [0.2, 0.25) is 0 Å². The molecule has 0 radical (unpaired) electrons. The number of hydrogen-bond acceptors (Lipinski definition) is 13. The van der Waals surface area contributed by atoms with Crippen LogP contribution in [0.15, 0.2) is 214 Å². The molecule has 0 amide bonds. The summed E-state index contributed by atoms with van der Waals surface area (Å²) in [6.07, 6.45) is 16.2. The molecule has 0 fully saturated rings. The topological polar surface area (TPSA) is 191 Å². The molecule has 0 unspecified atom stereocenters. The molecular formula is C64H69N6NaO9S3. The van der Waals surface area contributed by atoms with E-state index >= 15 is 0 Å². The van der Waals surface area contributed by atoms with Gasteiger partial charge in [-0.3, -0.25) is 0 Å². The first kappa shape index (κ1) is 65.2. The first-order valence-electron chi connectivity index (χ1n) is 26.4. The number of rotatable bonds is 17. The maximum atomic E-state index is 12.8. The van der Waals surface area contributed by atoms with Crippen LogP contribution in [0.3, 0.4) is 0 Å². The van der Waals surface area contributed by atoms with Crippen LogP contribution in [-0.2, 0) is 43.4 Å². The predicted octanol–water partition coefficient (Wildman–Crippen LogP) is 6.56. The Bertz CT molecular complexity index is 3920. The molecule has 6 aromatic rings. The van der Waals surface area contributed by atoms with Gasteiger partial charge in [0.05, 0.1) is 14.7 Å². The third-order valence-corrected chi connectivity index (χ3v) is 16.5. The number of nitrogens with zero attached hydrogens (tertiary/aromatic N) is 6. The summed E-state index contributed by atoms with van der Waals surface area (Å²) in [6, 6.07) is 41.4. The summed E-state index contributed by atoms with van der Waals surface area (Å²) < 4.78 is 111. The third kappa shape index (κ3) is 16.9. The molecule has 0 bridgehead atoms. The Balaban J connectivity index is 0.000000265. The zero-order chi connectivity index (χ0) is 59.7. The molecule has 0 aromatic heterocycles. The summed E-state index contributed by atoms with van der Waals surface area (Å²) in [7, 11) is 1.78. The SMILES string of the molecule is CCN(Cc1cccc(S(=O)(=O)[O-])c1)c1ccc(C(=C2C=CC(=[N+](C)C)C=C2)c2ccc(N(C)C)cc2)c(S(=O)(=O)[O-])c1.CCN(Cc1cccc(S(=O)(=O)[O-])c1)c1ccc(C(=C2C=CC(=[N+](C)C)C=C2)c2ccc(N(C)C)cc2)cc1.[Na+]. The second-order valence-corrected chi connectivity index (χ2v) is 24.5. The maximum Gasteiger partial charge on any atom is 1.00 e. The fourth-order valence-corrected chi connectivity index (χ4v) is 11.2.